The summed E-state index contributed by atoms with van der Waals surface area (Å²) >= 11 is 12.6. The van der Waals surface area contributed by atoms with Gasteiger partial charge in [0.25, 0.3) is 0 Å². The molecule has 9 heteroatoms. The number of pyridine rings is 2. The number of unbranched alkanes of at least 4 members (excludes halogenated alkanes) is 3. The maximum Gasteiger partial charge on any atom is 0.187 e. The third-order valence-corrected chi connectivity index (χ3v) is 6.56. The minimum atomic E-state index is 0.444. The number of benzene rings is 1. The fourth-order valence-corrected chi connectivity index (χ4v) is 4.61. The van der Waals surface area contributed by atoms with Gasteiger partial charge >= 0.3 is 0 Å². The highest BCUT2D eigenvalue weighted by atomic mass is 35.5. The maximum atomic E-state index is 6.30. The van der Waals surface area contributed by atoms with Crippen LogP contribution in [-0.2, 0) is 0 Å². The highest BCUT2D eigenvalue weighted by molar-refractivity contribution is 6.39. The second kappa shape index (κ2) is 12.4. The minimum Gasteiger partial charge on any atom is -0.493 e. The predicted molar refractivity (Wildman–Crippen MR) is 139 cm³/mol. The van der Waals surface area contributed by atoms with Gasteiger partial charge in [-0.05, 0) is 37.6 Å². The average molecular weight is 504 g/mol. The van der Waals surface area contributed by atoms with Crippen LogP contribution in [0.3, 0.4) is 0 Å². The molecule has 1 aliphatic heterocycles. The Labute approximate surface area is 210 Å². The number of fused-ring (bicyclic) bond motifs is 1. The summed E-state index contributed by atoms with van der Waals surface area (Å²) in [6, 6.07) is 5.73. The Balaban J connectivity index is 1.39. The number of nitrogens with one attached hydrogen (secondary N) is 2. The summed E-state index contributed by atoms with van der Waals surface area (Å²) in [7, 11) is 1.64. The van der Waals surface area contributed by atoms with Gasteiger partial charge in [0, 0.05) is 55.8 Å². The third-order valence-electron chi connectivity index (χ3n) is 5.99. The molecule has 182 valence electrons. The molecule has 0 radical (unpaired) electrons. The third kappa shape index (κ3) is 6.21. The summed E-state index contributed by atoms with van der Waals surface area (Å²) in [6.45, 7) is 6.33. The highest BCUT2D eigenvalue weighted by Crippen LogP contribution is 2.39. The van der Waals surface area contributed by atoms with Crippen LogP contribution >= 0.6 is 23.2 Å². The second-order valence-corrected chi connectivity index (χ2v) is 9.12. The Morgan fingerprint density at radius 3 is 2.56 bits per heavy atom. The summed E-state index contributed by atoms with van der Waals surface area (Å²) < 4.78 is 11.8. The minimum absolute atomic E-state index is 0.444. The Kier molecular flexibility index (Phi) is 9.04. The molecule has 34 heavy (non-hydrogen) atoms. The molecule has 3 heterocycles. The van der Waals surface area contributed by atoms with E-state index in [0.717, 1.165) is 55.6 Å². The molecule has 0 aliphatic carbocycles. The first-order valence-corrected chi connectivity index (χ1v) is 12.5. The number of nitrogens with zero attached hydrogens (tertiary/aromatic N) is 3. The van der Waals surface area contributed by atoms with E-state index in [4.69, 9.17) is 32.7 Å². The zero-order valence-electron chi connectivity index (χ0n) is 19.4. The molecule has 2 aromatic heterocycles. The molecule has 4 rings (SSSR count). The number of rotatable bonds is 11. The van der Waals surface area contributed by atoms with Crippen molar-refractivity contribution >= 4 is 45.5 Å². The molecule has 7 nitrogen and oxygen atoms in total. The fraction of sp³-hybridized carbons (Fsp3) is 0.440. The van der Waals surface area contributed by atoms with Crippen molar-refractivity contribution in [3.8, 4) is 11.5 Å². The number of methoxy groups -OCH3 is 1. The molecule has 0 bridgehead atoms. The quantitative estimate of drug-likeness (QED) is 0.333. The maximum absolute atomic E-state index is 6.30. The van der Waals surface area contributed by atoms with Crippen LogP contribution in [0, 0.1) is 0 Å². The summed E-state index contributed by atoms with van der Waals surface area (Å²) in [5, 5.41) is 8.49. The molecule has 0 unspecified atom stereocenters. The van der Waals surface area contributed by atoms with E-state index in [0.29, 0.717) is 33.8 Å². The van der Waals surface area contributed by atoms with Crippen molar-refractivity contribution in [1.29, 1.82) is 0 Å². The molecule has 1 aliphatic rings. The SMILES string of the molecule is COc1ccc2c(Nc3c(Cl)cncc3Cl)ccnc2c1OCCCCCCN1CCNCC1. The number of anilines is 2. The van der Waals surface area contributed by atoms with Crippen LogP contribution in [0.25, 0.3) is 10.9 Å². The van der Waals surface area contributed by atoms with Crippen LogP contribution in [0.4, 0.5) is 11.4 Å². The standard InChI is InChI=1S/C25H31Cl2N5O2/c1-33-22-7-6-18-21(31-24-19(26)16-29-17-20(24)27)8-9-30-23(18)25(22)34-15-5-3-2-4-12-32-13-10-28-11-14-32/h6-9,16-17,28H,2-5,10-15H2,1H3,(H,29,30,31). The summed E-state index contributed by atoms with van der Waals surface area (Å²) in [6.07, 6.45) is 9.41. The topological polar surface area (TPSA) is 71.5 Å². The van der Waals surface area contributed by atoms with Crippen molar-refractivity contribution in [2.45, 2.75) is 25.7 Å². The average Bonchev–Trinajstić information content (AvgIpc) is 2.86. The first-order chi connectivity index (χ1) is 16.7. The number of hydrogen-bond donors (Lipinski definition) is 2. The molecule has 0 atom stereocenters. The molecule has 0 saturated carbocycles. The van der Waals surface area contributed by atoms with Crippen LogP contribution in [0.1, 0.15) is 25.7 Å². The van der Waals surface area contributed by atoms with Gasteiger partial charge in [0.1, 0.15) is 5.52 Å². The van der Waals surface area contributed by atoms with E-state index in [1.165, 1.54) is 19.4 Å². The van der Waals surface area contributed by atoms with Gasteiger partial charge in [-0.15, -0.1) is 0 Å². The molecule has 1 fully saturated rings. The van der Waals surface area contributed by atoms with Gasteiger partial charge in [-0.25, -0.2) is 0 Å². The fourth-order valence-electron chi connectivity index (χ4n) is 4.15. The zero-order valence-corrected chi connectivity index (χ0v) is 21.0. The summed E-state index contributed by atoms with van der Waals surface area (Å²) in [5.74, 6) is 1.31. The van der Waals surface area contributed by atoms with Gasteiger partial charge in [0.05, 0.1) is 29.4 Å². The van der Waals surface area contributed by atoms with E-state index in [1.54, 1.807) is 25.7 Å². The number of hydrogen-bond acceptors (Lipinski definition) is 7. The van der Waals surface area contributed by atoms with Crippen molar-refractivity contribution in [3.05, 3.63) is 46.8 Å². The van der Waals surface area contributed by atoms with E-state index < -0.39 is 0 Å². The first kappa shape index (κ1) is 24.8. The molecule has 1 aromatic carbocycles. The van der Waals surface area contributed by atoms with Gasteiger partial charge in [-0.1, -0.05) is 36.0 Å². The Morgan fingerprint density at radius 2 is 1.79 bits per heavy atom. The van der Waals surface area contributed by atoms with E-state index >= 15 is 0 Å². The zero-order chi connectivity index (χ0) is 23.8. The van der Waals surface area contributed by atoms with Gasteiger partial charge in [-0.3, -0.25) is 9.97 Å². The first-order valence-electron chi connectivity index (χ1n) is 11.7. The van der Waals surface area contributed by atoms with Crippen LogP contribution in [-0.4, -0.2) is 61.3 Å². The van der Waals surface area contributed by atoms with Crippen molar-refractivity contribution < 1.29 is 9.47 Å². The van der Waals surface area contributed by atoms with E-state index in [-0.39, 0.29) is 0 Å². The van der Waals surface area contributed by atoms with E-state index in [9.17, 15) is 0 Å². The highest BCUT2D eigenvalue weighted by Gasteiger charge is 2.15. The molecule has 3 aromatic rings. The van der Waals surface area contributed by atoms with Crippen molar-refractivity contribution in [3.63, 3.8) is 0 Å². The van der Waals surface area contributed by atoms with Crippen LogP contribution in [0.2, 0.25) is 10.0 Å². The molecule has 2 N–H and O–H groups in total. The lowest BCUT2D eigenvalue weighted by Crippen LogP contribution is -2.43. The Morgan fingerprint density at radius 1 is 1.03 bits per heavy atom. The molecule has 0 amide bonds. The molecule has 0 spiro atoms. The predicted octanol–water partition coefficient (Wildman–Crippen LogP) is 5.53. The van der Waals surface area contributed by atoms with Crippen LogP contribution in [0.5, 0.6) is 11.5 Å². The largest absolute Gasteiger partial charge is 0.493 e. The molecular weight excluding hydrogens is 473 g/mol. The van der Waals surface area contributed by atoms with Gasteiger partial charge < -0.3 is 25.0 Å². The lowest BCUT2D eigenvalue weighted by atomic mass is 10.1. The van der Waals surface area contributed by atoms with Gasteiger partial charge in [-0.2, -0.15) is 0 Å². The summed E-state index contributed by atoms with van der Waals surface area (Å²) in [4.78, 5) is 11.1. The second-order valence-electron chi connectivity index (χ2n) is 8.31. The van der Waals surface area contributed by atoms with Crippen LogP contribution < -0.4 is 20.1 Å². The van der Waals surface area contributed by atoms with Crippen molar-refractivity contribution in [1.82, 2.24) is 20.2 Å². The molecule has 1 saturated heterocycles. The van der Waals surface area contributed by atoms with Crippen molar-refractivity contribution in [2.75, 3.05) is 51.8 Å². The van der Waals surface area contributed by atoms with E-state index in [2.05, 4.69) is 25.5 Å². The monoisotopic (exact) mass is 503 g/mol. The number of ether oxygens (including phenoxy) is 2. The smallest absolute Gasteiger partial charge is 0.187 e. The van der Waals surface area contributed by atoms with Gasteiger partial charge in [0.15, 0.2) is 11.5 Å². The summed E-state index contributed by atoms with van der Waals surface area (Å²) in [5.41, 5.74) is 2.15. The lowest BCUT2D eigenvalue weighted by Gasteiger charge is -2.27. The number of piperazine rings is 1. The number of aromatic nitrogens is 2. The van der Waals surface area contributed by atoms with Crippen molar-refractivity contribution in [2.24, 2.45) is 0 Å². The van der Waals surface area contributed by atoms with Crippen LogP contribution in [0.15, 0.2) is 36.8 Å². The van der Waals surface area contributed by atoms with E-state index in [1.807, 2.05) is 18.2 Å². The normalized spacial score (nSPS) is 14.3. The Bertz CT molecular complexity index is 1070. The van der Waals surface area contributed by atoms with Gasteiger partial charge in [0.2, 0.25) is 0 Å². The lowest BCUT2D eigenvalue weighted by molar-refractivity contribution is 0.234. The Hall–Kier alpha value is -2.32. The number of halogens is 2. The molecular formula is C25H31Cl2N5O2.